The molecule has 1 N–H and O–H groups in total. The highest BCUT2D eigenvalue weighted by atomic mass is 16.4. The Kier molecular flexibility index (Phi) is 4.73. The number of hydrogen-bond donors (Lipinski definition) is 1. The Morgan fingerprint density at radius 3 is 2.56 bits per heavy atom. The number of carbonyl (C=O) groups is 2. The Morgan fingerprint density at radius 2 is 2.06 bits per heavy atom. The van der Waals surface area contributed by atoms with Crippen molar-refractivity contribution >= 4 is 11.9 Å². The van der Waals surface area contributed by atoms with E-state index >= 15 is 0 Å². The molecule has 0 spiro atoms. The van der Waals surface area contributed by atoms with Crippen molar-refractivity contribution in [2.45, 2.75) is 39.7 Å². The molecule has 1 aliphatic heterocycles. The predicted molar refractivity (Wildman–Crippen MR) is 69.3 cm³/mol. The fourth-order valence-corrected chi connectivity index (χ4v) is 2.49. The maximum Gasteiger partial charge on any atom is 0.318 e. The van der Waals surface area contributed by atoms with Gasteiger partial charge in [0.15, 0.2) is 0 Å². The summed E-state index contributed by atoms with van der Waals surface area (Å²) in [7, 11) is 1.69. The number of carbonyl (C=O) groups excluding carboxylic acids is 1. The Morgan fingerprint density at radius 1 is 1.44 bits per heavy atom. The van der Waals surface area contributed by atoms with Crippen molar-refractivity contribution in [2.24, 2.45) is 5.41 Å². The molecular formula is C13H24N2O3. The van der Waals surface area contributed by atoms with Crippen molar-refractivity contribution in [1.29, 1.82) is 0 Å². The molecule has 1 unspecified atom stereocenters. The molecule has 0 aromatic carbocycles. The predicted octanol–water partition coefficient (Wildman–Crippen LogP) is 1.04. The lowest BCUT2D eigenvalue weighted by Crippen LogP contribution is -2.48. The minimum Gasteiger partial charge on any atom is -0.480 e. The number of amides is 1. The minimum atomic E-state index is -1.34. The van der Waals surface area contributed by atoms with E-state index < -0.39 is 11.4 Å². The topological polar surface area (TPSA) is 60.9 Å². The second kappa shape index (κ2) is 5.69. The molecule has 1 heterocycles. The Labute approximate surface area is 109 Å². The molecular weight excluding hydrogens is 232 g/mol. The molecule has 1 fully saturated rings. The van der Waals surface area contributed by atoms with Gasteiger partial charge < -0.3 is 10.0 Å². The van der Waals surface area contributed by atoms with Gasteiger partial charge in [-0.25, -0.2) is 0 Å². The monoisotopic (exact) mass is 256 g/mol. The first-order valence-electron chi connectivity index (χ1n) is 6.53. The first kappa shape index (κ1) is 15.0. The zero-order valence-electron chi connectivity index (χ0n) is 11.8. The smallest absolute Gasteiger partial charge is 0.318 e. The van der Waals surface area contributed by atoms with Gasteiger partial charge in [-0.1, -0.05) is 6.92 Å². The number of likely N-dealkylation sites (tertiary alicyclic amines) is 1. The van der Waals surface area contributed by atoms with Gasteiger partial charge in [-0.3, -0.25) is 14.5 Å². The Balaban J connectivity index is 2.62. The van der Waals surface area contributed by atoms with Crippen LogP contribution in [0.5, 0.6) is 0 Å². The molecule has 1 amide bonds. The van der Waals surface area contributed by atoms with Crippen LogP contribution in [0.4, 0.5) is 0 Å². The molecule has 0 aromatic rings. The molecule has 0 saturated carbocycles. The van der Waals surface area contributed by atoms with Gasteiger partial charge in [0.2, 0.25) is 5.91 Å². The highest BCUT2D eigenvalue weighted by Gasteiger charge is 2.39. The quantitative estimate of drug-likeness (QED) is 0.747. The highest BCUT2D eigenvalue weighted by molar-refractivity contribution is 6.00. The number of carboxylic acid groups (broad SMARTS) is 1. The SMILES string of the molecule is CCN1CCCC1CN(C)C(=O)C(C)(C)C(=O)O. The van der Waals surface area contributed by atoms with Gasteiger partial charge in [0, 0.05) is 19.6 Å². The fraction of sp³-hybridized carbons (Fsp3) is 0.846. The minimum absolute atomic E-state index is 0.321. The van der Waals surface area contributed by atoms with Crippen molar-refractivity contribution in [3.63, 3.8) is 0 Å². The maximum absolute atomic E-state index is 12.1. The van der Waals surface area contributed by atoms with Crippen LogP contribution in [-0.2, 0) is 9.59 Å². The van der Waals surface area contributed by atoms with Gasteiger partial charge in [0.1, 0.15) is 5.41 Å². The lowest BCUT2D eigenvalue weighted by atomic mass is 9.92. The molecule has 0 aliphatic carbocycles. The van der Waals surface area contributed by atoms with Crippen LogP contribution < -0.4 is 0 Å². The molecule has 5 heteroatoms. The lowest BCUT2D eigenvalue weighted by molar-refractivity contribution is -0.157. The van der Waals surface area contributed by atoms with Crippen LogP contribution in [0.25, 0.3) is 0 Å². The molecule has 0 radical (unpaired) electrons. The maximum atomic E-state index is 12.1. The zero-order chi connectivity index (χ0) is 13.9. The number of carboxylic acids is 1. The van der Waals surface area contributed by atoms with Crippen LogP contribution in [-0.4, -0.2) is 59.5 Å². The first-order chi connectivity index (χ1) is 8.30. The summed E-state index contributed by atoms with van der Waals surface area (Å²) in [5.74, 6) is -1.39. The van der Waals surface area contributed by atoms with Gasteiger partial charge in [0.05, 0.1) is 0 Å². The van der Waals surface area contributed by atoms with Gasteiger partial charge >= 0.3 is 5.97 Å². The third-order valence-electron chi connectivity index (χ3n) is 3.81. The van der Waals surface area contributed by atoms with Crippen molar-refractivity contribution in [2.75, 3.05) is 26.7 Å². The number of likely N-dealkylation sites (N-methyl/N-ethyl adjacent to an activating group) is 2. The van der Waals surface area contributed by atoms with E-state index in [2.05, 4.69) is 11.8 Å². The summed E-state index contributed by atoms with van der Waals surface area (Å²) in [4.78, 5) is 27.1. The lowest BCUT2D eigenvalue weighted by Gasteiger charge is -2.31. The molecule has 0 aromatic heterocycles. The van der Waals surface area contributed by atoms with Crippen LogP contribution in [0.2, 0.25) is 0 Å². The van der Waals surface area contributed by atoms with Gasteiger partial charge in [-0.15, -0.1) is 0 Å². The van der Waals surface area contributed by atoms with Crippen LogP contribution in [0.3, 0.4) is 0 Å². The summed E-state index contributed by atoms with van der Waals surface area (Å²) >= 11 is 0. The number of aliphatic carboxylic acids is 1. The van der Waals surface area contributed by atoms with Crippen molar-refractivity contribution < 1.29 is 14.7 Å². The van der Waals surface area contributed by atoms with E-state index in [0.717, 1.165) is 25.9 Å². The molecule has 5 nitrogen and oxygen atoms in total. The van der Waals surface area contributed by atoms with Gasteiger partial charge in [-0.2, -0.15) is 0 Å². The van der Waals surface area contributed by atoms with E-state index in [1.807, 2.05) is 0 Å². The number of nitrogens with zero attached hydrogens (tertiary/aromatic N) is 2. The van der Waals surface area contributed by atoms with E-state index in [9.17, 15) is 9.59 Å². The molecule has 1 rings (SSSR count). The molecule has 104 valence electrons. The van der Waals surface area contributed by atoms with E-state index in [4.69, 9.17) is 5.11 Å². The normalized spacial score (nSPS) is 21.0. The van der Waals surface area contributed by atoms with E-state index in [0.29, 0.717) is 12.6 Å². The molecule has 18 heavy (non-hydrogen) atoms. The van der Waals surface area contributed by atoms with Crippen molar-refractivity contribution in [3.8, 4) is 0 Å². The summed E-state index contributed by atoms with van der Waals surface area (Å²) in [5, 5.41) is 9.06. The van der Waals surface area contributed by atoms with Gasteiger partial charge in [-0.05, 0) is 39.8 Å². The van der Waals surface area contributed by atoms with Crippen molar-refractivity contribution in [1.82, 2.24) is 9.80 Å². The van der Waals surface area contributed by atoms with Gasteiger partial charge in [0.25, 0.3) is 0 Å². The average molecular weight is 256 g/mol. The van der Waals surface area contributed by atoms with E-state index in [1.54, 1.807) is 11.9 Å². The molecule has 1 saturated heterocycles. The first-order valence-corrected chi connectivity index (χ1v) is 6.53. The summed E-state index contributed by atoms with van der Waals surface area (Å²) in [6, 6.07) is 0.369. The Hall–Kier alpha value is -1.10. The average Bonchev–Trinajstić information content (AvgIpc) is 2.74. The van der Waals surface area contributed by atoms with E-state index in [1.165, 1.54) is 13.8 Å². The largest absolute Gasteiger partial charge is 0.480 e. The Bertz CT molecular complexity index is 328. The number of hydrogen-bond acceptors (Lipinski definition) is 3. The standard InChI is InChI=1S/C13H24N2O3/c1-5-15-8-6-7-10(15)9-14(4)11(16)13(2,3)12(17)18/h10H,5-9H2,1-4H3,(H,17,18). The van der Waals surface area contributed by atoms with Crippen LogP contribution in [0, 0.1) is 5.41 Å². The third kappa shape index (κ3) is 3.02. The highest BCUT2D eigenvalue weighted by Crippen LogP contribution is 2.22. The summed E-state index contributed by atoms with van der Waals surface area (Å²) < 4.78 is 0. The zero-order valence-corrected chi connectivity index (χ0v) is 11.8. The second-order valence-corrected chi connectivity index (χ2v) is 5.54. The van der Waals surface area contributed by atoms with Crippen LogP contribution >= 0.6 is 0 Å². The summed E-state index contributed by atoms with van der Waals surface area (Å²) in [6.45, 7) is 7.70. The summed E-state index contributed by atoms with van der Waals surface area (Å²) in [6.07, 6.45) is 2.24. The molecule has 0 bridgehead atoms. The fourth-order valence-electron chi connectivity index (χ4n) is 2.49. The van der Waals surface area contributed by atoms with Crippen LogP contribution in [0.1, 0.15) is 33.6 Å². The molecule has 1 atom stereocenters. The second-order valence-electron chi connectivity index (χ2n) is 5.54. The molecule has 1 aliphatic rings. The van der Waals surface area contributed by atoms with E-state index in [-0.39, 0.29) is 5.91 Å². The van der Waals surface area contributed by atoms with Crippen LogP contribution in [0.15, 0.2) is 0 Å². The summed E-state index contributed by atoms with van der Waals surface area (Å²) in [5.41, 5.74) is -1.34. The number of rotatable bonds is 5. The third-order valence-corrected chi connectivity index (χ3v) is 3.81. The van der Waals surface area contributed by atoms with Crippen molar-refractivity contribution in [3.05, 3.63) is 0 Å².